The van der Waals surface area contributed by atoms with E-state index in [1.807, 2.05) is 11.4 Å². The number of nitrogens with zero attached hydrogens (tertiary/aromatic N) is 1. The first kappa shape index (κ1) is 9.02. The molecular formula is C7H11N3OS. The molecule has 1 heterocycles. The summed E-state index contributed by atoms with van der Waals surface area (Å²) in [6.07, 6.45) is 0. The summed E-state index contributed by atoms with van der Waals surface area (Å²) in [5.74, 6) is 0.383. The van der Waals surface area contributed by atoms with E-state index in [0.29, 0.717) is 12.4 Å². The van der Waals surface area contributed by atoms with E-state index >= 15 is 0 Å². The molecule has 1 aromatic rings. The highest BCUT2D eigenvalue weighted by molar-refractivity contribution is 7.10. The molecule has 4 N–H and O–H groups in total. The monoisotopic (exact) mass is 185 g/mol. The molecule has 0 aliphatic carbocycles. The summed E-state index contributed by atoms with van der Waals surface area (Å²) in [6.45, 7) is 0.533. The number of nitrogens with two attached hydrogens (primary N) is 2. The standard InChI is InChI=1S/C7H11N3OS/c1-11-10-7(9)5-2-6(3-8)12-4-5/h2,4H,3,8H2,1H3,(H2,9,10). The Labute approximate surface area is 74.8 Å². The molecular weight excluding hydrogens is 174 g/mol. The Morgan fingerprint density at radius 1 is 1.75 bits per heavy atom. The minimum atomic E-state index is 0.383. The zero-order chi connectivity index (χ0) is 8.97. The van der Waals surface area contributed by atoms with Crippen molar-refractivity contribution in [3.63, 3.8) is 0 Å². The molecule has 1 rings (SSSR count). The van der Waals surface area contributed by atoms with Gasteiger partial charge >= 0.3 is 0 Å². The van der Waals surface area contributed by atoms with Crippen molar-refractivity contribution in [3.05, 3.63) is 21.9 Å². The predicted octanol–water partition coefficient (Wildman–Crippen LogP) is 0.474. The van der Waals surface area contributed by atoms with Gasteiger partial charge in [0.1, 0.15) is 7.11 Å². The lowest BCUT2D eigenvalue weighted by Crippen LogP contribution is -2.12. The van der Waals surface area contributed by atoms with Crippen LogP contribution in [0.5, 0.6) is 0 Å². The van der Waals surface area contributed by atoms with Crippen LogP contribution >= 0.6 is 11.3 Å². The van der Waals surface area contributed by atoms with Gasteiger partial charge in [0.2, 0.25) is 0 Å². The fourth-order valence-electron chi connectivity index (χ4n) is 0.773. The van der Waals surface area contributed by atoms with Crippen LogP contribution in [0.4, 0.5) is 0 Å². The Bertz CT molecular complexity index is 282. The predicted molar refractivity (Wildman–Crippen MR) is 49.9 cm³/mol. The van der Waals surface area contributed by atoms with Crippen molar-refractivity contribution >= 4 is 17.2 Å². The van der Waals surface area contributed by atoms with Crippen molar-refractivity contribution in [2.24, 2.45) is 16.6 Å². The van der Waals surface area contributed by atoms with E-state index in [2.05, 4.69) is 9.99 Å². The third-order valence-electron chi connectivity index (χ3n) is 1.34. The van der Waals surface area contributed by atoms with Gasteiger partial charge in [-0.25, -0.2) is 0 Å². The molecule has 0 bridgehead atoms. The minimum Gasteiger partial charge on any atom is -0.397 e. The van der Waals surface area contributed by atoms with Crippen LogP contribution in [0.25, 0.3) is 0 Å². The molecule has 0 aromatic carbocycles. The largest absolute Gasteiger partial charge is 0.397 e. The second-order valence-corrected chi connectivity index (χ2v) is 3.16. The van der Waals surface area contributed by atoms with Crippen LogP contribution in [0.2, 0.25) is 0 Å². The fraction of sp³-hybridized carbons (Fsp3) is 0.286. The average Bonchev–Trinajstić information content (AvgIpc) is 2.52. The maximum absolute atomic E-state index is 5.56. The first-order valence-electron chi connectivity index (χ1n) is 3.42. The molecule has 0 unspecified atom stereocenters. The van der Waals surface area contributed by atoms with Crippen LogP contribution in [0.3, 0.4) is 0 Å². The van der Waals surface area contributed by atoms with Crippen LogP contribution in [0.15, 0.2) is 16.6 Å². The minimum absolute atomic E-state index is 0.383. The Morgan fingerprint density at radius 3 is 3.00 bits per heavy atom. The molecule has 66 valence electrons. The summed E-state index contributed by atoms with van der Waals surface area (Å²) in [4.78, 5) is 5.62. The maximum atomic E-state index is 5.56. The lowest BCUT2D eigenvalue weighted by Gasteiger charge is -1.93. The lowest BCUT2D eigenvalue weighted by molar-refractivity contribution is 0.213. The first-order chi connectivity index (χ1) is 5.77. The molecule has 0 amide bonds. The van der Waals surface area contributed by atoms with Crippen molar-refractivity contribution in [1.29, 1.82) is 0 Å². The average molecular weight is 185 g/mol. The van der Waals surface area contributed by atoms with Crippen LogP contribution in [0.1, 0.15) is 10.4 Å². The lowest BCUT2D eigenvalue weighted by atomic mass is 10.3. The molecule has 0 saturated carbocycles. The molecule has 0 aliphatic rings. The summed E-state index contributed by atoms with van der Waals surface area (Å²) in [5.41, 5.74) is 11.9. The SMILES string of the molecule is CON=C(N)c1csc(CN)c1. The molecule has 0 atom stereocenters. The Balaban J connectivity index is 2.81. The summed E-state index contributed by atoms with van der Waals surface area (Å²) < 4.78 is 0. The van der Waals surface area contributed by atoms with Crippen molar-refractivity contribution in [2.75, 3.05) is 7.11 Å². The molecule has 0 fully saturated rings. The molecule has 1 aromatic heterocycles. The Morgan fingerprint density at radius 2 is 2.50 bits per heavy atom. The topological polar surface area (TPSA) is 73.6 Å². The molecule has 0 aliphatic heterocycles. The molecule has 12 heavy (non-hydrogen) atoms. The van der Waals surface area contributed by atoms with Gasteiger partial charge in [-0.1, -0.05) is 5.16 Å². The van der Waals surface area contributed by atoms with Crippen molar-refractivity contribution in [3.8, 4) is 0 Å². The van der Waals surface area contributed by atoms with E-state index in [1.165, 1.54) is 7.11 Å². The van der Waals surface area contributed by atoms with Gasteiger partial charge in [0.15, 0.2) is 5.84 Å². The summed E-state index contributed by atoms with van der Waals surface area (Å²) in [6, 6.07) is 1.91. The van der Waals surface area contributed by atoms with E-state index in [9.17, 15) is 0 Å². The maximum Gasteiger partial charge on any atom is 0.171 e. The zero-order valence-electron chi connectivity index (χ0n) is 6.78. The molecule has 5 heteroatoms. The number of hydrogen-bond acceptors (Lipinski definition) is 4. The molecule has 0 radical (unpaired) electrons. The molecule has 0 spiro atoms. The number of hydrogen-bond donors (Lipinski definition) is 2. The fourth-order valence-corrected chi connectivity index (χ4v) is 1.53. The van der Waals surface area contributed by atoms with Crippen LogP contribution in [-0.2, 0) is 11.4 Å². The van der Waals surface area contributed by atoms with Gasteiger partial charge in [-0.3, -0.25) is 0 Å². The number of rotatable bonds is 3. The zero-order valence-corrected chi connectivity index (χ0v) is 7.60. The highest BCUT2D eigenvalue weighted by atomic mass is 32.1. The van der Waals surface area contributed by atoms with Gasteiger partial charge < -0.3 is 16.3 Å². The number of oxime groups is 1. The Kier molecular flexibility index (Phi) is 3.07. The van der Waals surface area contributed by atoms with E-state index < -0.39 is 0 Å². The van der Waals surface area contributed by atoms with Gasteiger partial charge in [-0.15, -0.1) is 11.3 Å². The summed E-state index contributed by atoms with van der Waals surface area (Å²) in [5, 5.41) is 5.51. The third kappa shape index (κ3) is 1.96. The van der Waals surface area contributed by atoms with E-state index in [1.54, 1.807) is 11.3 Å². The second kappa shape index (κ2) is 4.08. The quantitative estimate of drug-likeness (QED) is 0.408. The van der Waals surface area contributed by atoms with Gasteiger partial charge in [0.05, 0.1) is 0 Å². The van der Waals surface area contributed by atoms with Gasteiger partial charge in [0.25, 0.3) is 0 Å². The smallest absolute Gasteiger partial charge is 0.171 e. The van der Waals surface area contributed by atoms with Crippen molar-refractivity contribution in [2.45, 2.75) is 6.54 Å². The van der Waals surface area contributed by atoms with Crippen LogP contribution in [-0.4, -0.2) is 12.9 Å². The summed E-state index contributed by atoms with van der Waals surface area (Å²) >= 11 is 1.56. The normalized spacial score (nSPS) is 11.7. The molecule has 4 nitrogen and oxygen atoms in total. The van der Waals surface area contributed by atoms with Gasteiger partial charge in [-0.05, 0) is 6.07 Å². The first-order valence-corrected chi connectivity index (χ1v) is 4.30. The molecule has 0 saturated heterocycles. The van der Waals surface area contributed by atoms with E-state index in [4.69, 9.17) is 11.5 Å². The van der Waals surface area contributed by atoms with Gasteiger partial charge in [-0.2, -0.15) is 0 Å². The van der Waals surface area contributed by atoms with Crippen molar-refractivity contribution in [1.82, 2.24) is 0 Å². The summed E-state index contributed by atoms with van der Waals surface area (Å²) in [7, 11) is 1.46. The van der Waals surface area contributed by atoms with E-state index in [0.717, 1.165) is 10.4 Å². The van der Waals surface area contributed by atoms with Gasteiger partial charge in [0, 0.05) is 22.4 Å². The van der Waals surface area contributed by atoms with Crippen LogP contribution < -0.4 is 11.5 Å². The third-order valence-corrected chi connectivity index (χ3v) is 2.30. The number of thiophene rings is 1. The van der Waals surface area contributed by atoms with E-state index in [-0.39, 0.29) is 0 Å². The second-order valence-electron chi connectivity index (χ2n) is 2.16. The highest BCUT2D eigenvalue weighted by Gasteiger charge is 2.01. The van der Waals surface area contributed by atoms with Crippen LogP contribution in [0, 0.1) is 0 Å². The Hall–Kier alpha value is -1.07. The van der Waals surface area contributed by atoms with Crippen molar-refractivity contribution < 1.29 is 4.84 Å². The highest BCUT2D eigenvalue weighted by Crippen LogP contribution is 2.13. The number of amidine groups is 1.